The molecule has 1 nitrogen and oxygen atoms in total. The Morgan fingerprint density at radius 1 is 0.905 bits per heavy atom. The van der Waals surface area contributed by atoms with Gasteiger partial charge in [-0.1, -0.05) is 40.2 Å². The van der Waals surface area contributed by atoms with E-state index >= 15 is 0 Å². The third-order valence-corrected chi connectivity index (χ3v) is 4.77. The number of nitrogens with one attached hydrogen (secondary N) is 1. The lowest BCUT2D eigenvalue weighted by Gasteiger charge is -2.28. The quantitative estimate of drug-likeness (QED) is 0.782. The van der Waals surface area contributed by atoms with Gasteiger partial charge in [0, 0.05) is 16.6 Å². The van der Waals surface area contributed by atoms with Crippen LogP contribution in [0.5, 0.6) is 0 Å². The predicted molar refractivity (Wildman–Crippen MR) is 94.7 cm³/mol. The van der Waals surface area contributed by atoms with Crippen molar-refractivity contribution in [2.24, 2.45) is 0 Å². The number of rotatable bonds is 4. The Kier molecular flexibility index (Phi) is 4.90. The summed E-state index contributed by atoms with van der Waals surface area (Å²) in [6, 6.07) is 13.1. The molecule has 0 radical (unpaired) electrons. The number of hydrogen-bond donors (Lipinski definition) is 1. The molecule has 0 spiro atoms. The Labute approximate surface area is 136 Å². The van der Waals surface area contributed by atoms with Gasteiger partial charge in [0.25, 0.3) is 0 Å². The molecule has 21 heavy (non-hydrogen) atoms. The van der Waals surface area contributed by atoms with E-state index in [0.717, 1.165) is 11.0 Å². The van der Waals surface area contributed by atoms with Crippen molar-refractivity contribution in [1.82, 2.24) is 5.32 Å². The molecule has 0 aliphatic heterocycles. The highest BCUT2D eigenvalue weighted by Gasteiger charge is 2.19. The third-order valence-electron chi connectivity index (χ3n) is 4.24. The second-order valence-electron chi connectivity index (χ2n) is 6.35. The highest BCUT2D eigenvalue weighted by molar-refractivity contribution is 9.10. The van der Waals surface area contributed by atoms with Crippen molar-refractivity contribution in [3.05, 3.63) is 68.7 Å². The van der Waals surface area contributed by atoms with E-state index in [2.05, 4.69) is 92.3 Å². The van der Waals surface area contributed by atoms with Crippen molar-refractivity contribution in [3.8, 4) is 0 Å². The fourth-order valence-corrected chi connectivity index (χ4v) is 2.76. The molecule has 1 N–H and O–H groups in total. The molecule has 0 aliphatic carbocycles. The Balaban J connectivity index is 2.15. The summed E-state index contributed by atoms with van der Waals surface area (Å²) in [4.78, 5) is 0. The van der Waals surface area contributed by atoms with Gasteiger partial charge in [-0.25, -0.2) is 0 Å². The van der Waals surface area contributed by atoms with Crippen molar-refractivity contribution < 1.29 is 0 Å². The molecule has 112 valence electrons. The second-order valence-corrected chi connectivity index (χ2v) is 7.26. The molecule has 0 saturated heterocycles. The summed E-state index contributed by atoms with van der Waals surface area (Å²) in [7, 11) is 0. The van der Waals surface area contributed by atoms with Crippen molar-refractivity contribution in [1.29, 1.82) is 0 Å². The van der Waals surface area contributed by atoms with Crippen LogP contribution in [0.25, 0.3) is 0 Å². The van der Waals surface area contributed by atoms with E-state index in [1.165, 1.54) is 27.8 Å². The van der Waals surface area contributed by atoms with Gasteiger partial charge in [-0.15, -0.1) is 0 Å². The predicted octanol–water partition coefficient (Wildman–Crippen LogP) is 5.40. The van der Waals surface area contributed by atoms with E-state index in [1.54, 1.807) is 0 Å². The Morgan fingerprint density at radius 2 is 1.48 bits per heavy atom. The Hall–Kier alpha value is -1.12. The zero-order valence-electron chi connectivity index (χ0n) is 13.5. The van der Waals surface area contributed by atoms with Gasteiger partial charge in [-0.3, -0.25) is 0 Å². The lowest BCUT2D eigenvalue weighted by atomic mass is 9.93. The summed E-state index contributed by atoms with van der Waals surface area (Å²) in [6.07, 6.45) is 0. The number of hydrogen-bond acceptors (Lipinski definition) is 1. The molecular formula is C19H24BrN. The van der Waals surface area contributed by atoms with E-state index in [0.29, 0.717) is 0 Å². The van der Waals surface area contributed by atoms with E-state index in [-0.39, 0.29) is 5.54 Å². The van der Waals surface area contributed by atoms with Gasteiger partial charge in [0.1, 0.15) is 0 Å². The minimum Gasteiger partial charge on any atom is -0.304 e. The molecule has 0 aliphatic rings. The molecular weight excluding hydrogens is 322 g/mol. The van der Waals surface area contributed by atoms with Gasteiger partial charge in [0.05, 0.1) is 0 Å². The first-order valence-electron chi connectivity index (χ1n) is 7.37. The zero-order valence-corrected chi connectivity index (χ0v) is 15.1. The number of aryl methyl sites for hydroxylation is 3. The molecule has 0 bridgehead atoms. The average molecular weight is 346 g/mol. The van der Waals surface area contributed by atoms with E-state index in [9.17, 15) is 0 Å². The zero-order chi connectivity index (χ0) is 15.6. The smallest absolute Gasteiger partial charge is 0.0380 e. The van der Waals surface area contributed by atoms with Crippen LogP contribution in [0.1, 0.15) is 41.7 Å². The highest BCUT2D eigenvalue weighted by atomic mass is 79.9. The van der Waals surface area contributed by atoms with E-state index < -0.39 is 0 Å². The van der Waals surface area contributed by atoms with Crippen LogP contribution in [-0.4, -0.2) is 0 Å². The van der Waals surface area contributed by atoms with Gasteiger partial charge < -0.3 is 5.32 Å². The monoisotopic (exact) mass is 345 g/mol. The second kappa shape index (κ2) is 6.33. The normalized spacial score (nSPS) is 11.7. The first-order chi connectivity index (χ1) is 9.79. The lowest BCUT2D eigenvalue weighted by molar-refractivity contribution is 0.400. The lowest BCUT2D eigenvalue weighted by Crippen LogP contribution is -2.36. The third kappa shape index (κ3) is 3.96. The first-order valence-corrected chi connectivity index (χ1v) is 8.17. The molecule has 0 saturated carbocycles. The molecule has 0 fully saturated rings. The maximum absolute atomic E-state index is 3.68. The van der Waals surface area contributed by atoms with Crippen LogP contribution >= 0.6 is 15.9 Å². The fraction of sp³-hybridized carbons (Fsp3) is 0.368. The van der Waals surface area contributed by atoms with Crippen molar-refractivity contribution in [2.75, 3.05) is 0 Å². The number of benzene rings is 2. The van der Waals surface area contributed by atoms with Crippen LogP contribution in [0.3, 0.4) is 0 Å². The number of halogens is 1. The maximum Gasteiger partial charge on any atom is 0.0380 e. The fourth-order valence-electron chi connectivity index (χ4n) is 2.50. The average Bonchev–Trinajstić information content (AvgIpc) is 2.42. The largest absolute Gasteiger partial charge is 0.304 e. The minimum absolute atomic E-state index is 0.0497. The molecule has 0 amide bonds. The summed E-state index contributed by atoms with van der Waals surface area (Å²) in [6.45, 7) is 11.9. The van der Waals surface area contributed by atoms with Crippen molar-refractivity contribution in [3.63, 3.8) is 0 Å². The minimum atomic E-state index is -0.0497. The first kappa shape index (κ1) is 16.3. The summed E-state index contributed by atoms with van der Waals surface area (Å²) in [5.41, 5.74) is 6.71. The SMILES string of the molecule is Cc1cc(C)c(CNC(C)(C)c2ccc(Br)cc2)cc1C. The molecule has 0 aromatic heterocycles. The molecule has 0 unspecified atom stereocenters. The summed E-state index contributed by atoms with van der Waals surface area (Å²) >= 11 is 3.49. The standard InChI is InChI=1S/C19H24BrN/c1-13-10-15(3)16(11-14(13)2)12-21-19(4,5)17-6-8-18(20)9-7-17/h6-11,21H,12H2,1-5H3. The van der Waals surface area contributed by atoms with Gasteiger partial charge in [-0.2, -0.15) is 0 Å². The molecule has 2 aromatic rings. The van der Waals surface area contributed by atoms with Gasteiger partial charge in [0.15, 0.2) is 0 Å². The summed E-state index contributed by atoms with van der Waals surface area (Å²) in [5.74, 6) is 0. The molecule has 0 heterocycles. The molecule has 2 rings (SSSR count). The summed E-state index contributed by atoms with van der Waals surface area (Å²) < 4.78 is 1.12. The van der Waals surface area contributed by atoms with Gasteiger partial charge in [0.2, 0.25) is 0 Å². The van der Waals surface area contributed by atoms with Crippen LogP contribution in [0, 0.1) is 20.8 Å². The van der Waals surface area contributed by atoms with Crippen molar-refractivity contribution in [2.45, 2.75) is 46.7 Å². The van der Waals surface area contributed by atoms with E-state index in [4.69, 9.17) is 0 Å². The molecule has 2 aromatic carbocycles. The Morgan fingerprint density at radius 3 is 2.10 bits per heavy atom. The van der Waals surface area contributed by atoms with Crippen LogP contribution in [0.2, 0.25) is 0 Å². The topological polar surface area (TPSA) is 12.0 Å². The van der Waals surface area contributed by atoms with Gasteiger partial charge in [-0.05, 0) is 74.6 Å². The van der Waals surface area contributed by atoms with E-state index in [1.807, 2.05) is 0 Å². The van der Waals surface area contributed by atoms with Gasteiger partial charge >= 0.3 is 0 Å². The molecule has 0 atom stereocenters. The van der Waals surface area contributed by atoms with Crippen molar-refractivity contribution >= 4 is 15.9 Å². The Bertz CT molecular complexity index is 627. The summed E-state index contributed by atoms with van der Waals surface area (Å²) in [5, 5.41) is 3.68. The van der Waals surface area contributed by atoms with Crippen LogP contribution < -0.4 is 5.32 Å². The van der Waals surface area contributed by atoms with Crippen LogP contribution in [0.15, 0.2) is 40.9 Å². The highest BCUT2D eigenvalue weighted by Crippen LogP contribution is 2.23. The van der Waals surface area contributed by atoms with Crippen LogP contribution in [0.4, 0.5) is 0 Å². The van der Waals surface area contributed by atoms with Crippen LogP contribution in [-0.2, 0) is 12.1 Å². The molecule has 2 heteroatoms. The maximum atomic E-state index is 3.68.